The molecule has 38 heavy (non-hydrogen) atoms. The van der Waals surface area contributed by atoms with Gasteiger partial charge >= 0.3 is 6.03 Å². The second kappa shape index (κ2) is 11.4. The smallest absolute Gasteiger partial charge is 0.335 e. The van der Waals surface area contributed by atoms with Crippen LogP contribution in [-0.4, -0.2) is 29.4 Å². The largest absolute Gasteiger partial charge is 0.490 e. The van der Waals surface area contributed by atoms with E-state index in [-0.39, 0.29) is 23.6 Å². The van der Waals surface area contributed by atoms with Crippen molar-refractivity contribution < 1.29 is 33.2 Å². The molecule has 0 aliphatic carbocycles. The van der Waals surface area contributed by atoms with Gasteiger partial charge in [-0.25, -0.2) is 14.1 Å². The summed E-state index contributed by atoms with van der Waals surface area (Å²) in [6.45, 7) is 2.18. The van der Waals surface area contributed by atoms with E-state index >= 15 is 0 Å². The predicted octanol–water partition coefficient (Wildman–Crippen LogP) is 4.98. The summed E-state index contributed by atoms with van der Waals surface area (Å²) in [7, 11) is 0. The van der Waals surface area contributed by atoms with E-state index < -0.39 is 28.6 Å². The van der Waals surface area contributed by atoms with E-state index in [4.69, 9.17) is 9.47 Å². The van der Waals surface area contributed by atoms with Gasteiger partial charge in [0.05, 0.1) is 20.8 Å². The monoisotopic (exact) mass is 631 g/mol. The number of nitrogens with zero attached hydrogens (tertiary/aromatic N) is 2. The Labute approximate surface area is 229 Å². The van der Waals surface area contributed by atoms with E-state index in [1.807, 2.05) is 22.6 Å². The number of imide groups is 2. The summed E-state index contributed by atoms with van der Waals surface area (Å²) >= 11 is 2.02. The molecular weight excluding hydrogens is 612 g/mol. The minimum absolute atomic E-state index is 0.0227. The molecule has 0 aromatic heterocycles. The van der Waals surface area contributed by atoms with E-state index in [2.05, 4.69) is 5.32 Å². The lowest BCUT2D eigenvalue weighted by Crippen LogP contribution is -2.54. The molecule has 1 aliphatic rings. The van der Waals surface area contributed by atoms with Crippen molar-refractivity contribution in [2.45, 2.75) is 13.5 Å². The van der Waals surface area contributed by atoms with Crippen molar-refractivity contribution in [2.75, 3.05) is 11.5 Å². The Kier molecular flexibility index (Phi) is 8.00. The SMILES string of the molecule is CCOc1cc(/C=C2\C(=O)NC(=O)N(c3cccc(F)c3)C2=O)cc(I)c1OCc1ccc([N+](=O)[O-])cc1. The fourth-order valence-electron chi connectivity index (χ4n) is 3.62. The van der Waals surface area contributed by atoms with Crippen molar-refractivity contribution in [3.8, 4) is 11.5 Å². The summed E-state index contributed by atoms with van der Waals surface area (Å²) in [4.78, 5) is 49.0. The van der Waals surface area contributed by atoms with Crippen LogP contribution >= 0.6 is 22.6 Å². The molecule has 1 fully saturated rings. The zero-order chi connectivity index (χ0) is 27.4. The van der Waals surface area contributed by atoms with Gasteiger partial charge in [-0.3, -0.25) is 25.0 Å². The molecule has 1 N–H and O–H groups in total. The molecule has 0 unspecified atom stereocenters. The molecule has 0 spiro atoms. The molecule has 1 aliphatic heterocycles. The number of nitro benzene ring substituents is 1. The molecule has 3 aromatic carbocycles. The first-order valence-corrected chi connectivity index (χ1v) is 12.2. The highest BCUT2D eigenvalue weighted by Crippen LogP contribution is 2.36. The van der Waals surface area contributed by atoms with Gasteiger partial charge in [-0.15, -0.1) is 0 Å². The molecule has 3 aromatic rings. The highest BCUT2D eigenvalue weighted by Gasteiger charge is 2.37. The van der Waals surface area contributed by atoms with Gasteiger partial charge in [0.25, 0.3) is 17.5 Å². The highest BCUT2D eigenvalue weighted by atomic mass is 127. The van der Waals surface area contributed by atoms with Crippen LogP contribution in [0.25, 0.3) is 6.08 Å². The molecule has 1 heterocycles. The van der Waals surface area contributed by atoms with Crippen molar-refractivity contribution in [1.29, 1.82) is 0 Å². The fraction of sp³-hybridized carbons (Fsp3) is 0.115. The summed E-state index contributed by atoms with van der Waals surface area (Å²) in [5, 5.41) is 13.0. The maximum absolute atomic E-state index is 13.7. The minimum Gasteiger partial charge on any atom is -0.490 e. The Morgan fingerprint density at radius 2 is 1.82 bits per heavy atom. The van der Waals surface area contributed by atoms with Crippen LogP contribution in [0.15, 0.2) is 66.2 Å². The molecule has 12 heteroatoms. The van der Waals surface area contributed by atoms with Crippen molar-refractivity contribution in [3.05, 3.63) is 96.9 Å². The van der Waals surface area contributed by atoms with Gasteiger partial charge in [0, 0.05) is 12.1 Å². The number of urea groups is 1. The molecular formula is C26H19FIN3O7. The molecule has 0 atom stereocenters. The van der Waals surface area contributed by atoms with Crippen LogP contribution in [0.5, 0.6) is 11.5 Å². The molecule has 0 radical (unpaired) electrons. The second-order valence-corrected chi connectivity index (χ2v) is 9.08. The Morgan fingerprint density at radius 1 is 1.08 bits per heavy atom. The normalized spacial score (nSPS) is 14.4. The van der Waals surface area contributed by atoms with Gasteiger partial charge in [-0.2, -0.15) is 0 Å². The standard InChI is InChI=1S/C26H19FIN3O7/c1-2-37-22-12-16(11-21(28)23(22)38-14-15-6-8-18(9-7-15)31(35)36)10-20-24(32)29-26(34)30(25(20)33)19-5-3-4-17(27)13-19/h3-13H,2,14H2,1H3,(H,29,32,34)/b20-10+. The average Bonchev–Trinajstić information content (AvgIpc) is 2.86. The van der Waals surface area contributed by atoms with Crippen LogP contribution in [0.3, 0.4) is 0 Å². The first-order valence-electron chi connectivity index (χ1n) is 11.2. The van der Waals surface area contributed by atoms with Gasteiger partial charge in [0.2, 0.25) is 0 Å². The number of rotatable bonds is 8. The number of benzene rings is 3. The number of halogens is 2. The number of barbiturate groups is 1. The number of ether oxygens (including phenoxy) is 2. The summed E-state index contributed by atoms with van der Waals surface area (Å²) in [5.74, 6) is -1.69. The number of anilines is 1. The first kappa shape index (κ1) is 26.7. The Hall–Kier alpha value is -4.33. The number of nitrogens with one attached hydrogen (secondary N) is 1. The van der Waals surface area contributed by atoms with Gasteiger partial charge in [0.1, 0.15) is 18.0 Å². The topological polar surface area (TPSA) is 128 Å². The number of carbonyl (C=O) groups excluding carboxylic acids is 3. The zero-order valence-corrected chi connectivity index (χ0v) is 21.9. The lowest BCUT2D eigenvalue weighted by Gasteiger charge is -2.26. The predicted molar refractivity (Wildman–Crippen MR) is 143 cm³/mol. The minimum atomic E-state index is -0.984. The Balaban J connectivity index is 1.63. The van der Waals surface area contributed by atoms with Gasteiger partial charge < -0.3 is 9.47 Å². The second-order valence-electron chi connectivity index (χ2n) is 7.91. The average molecular weight is 631 g/mol. The quantitative estimate of drug-likeness (QED) is 0.122. The Bertz CT molecular complexity index is 1470. The summed E-state index contributed by atoms with van der Waals surface area (Å²) in [5.41, 5.74) is 0.742. The number of amides is 4. The maximum Gasteiger partial charge on any atom is 0.335 e. The lowest BCUT2D eigenvalue weighted by atomic mass is 10.1. The Morgan fingerprint density at radius 3 is 2.47 bits per heavy atom. The van der Waals surface area contributed by atoms with Crippen molar-refractivity contribution in [3.63, 3.8) is 0 Å². The third-order valence-corrected chi connectivity index (χ3v) is 6.14. The van der Waals surface area contributed by atoms with E-state index in [1.165, 1.54) is 36.4 Å². The van der Waals surface area contributed by atoms with Crippen LogP contribution in [0.2, 0.25) is 0 Å². The van der Waals surface area contributed by atoms with Crippen LogP contribution in [0.1, 0.15) is 18.1 Å². The lowest BCUT2D eigenvalue weighted by molar-refractivity contribution is -0.384. The fourth-order valence-corrected chi connectivity index (χ4v) is 4.40. The maximum atomic E-state index is 13.7. The van der Waals surface area contributed by atoms with Crippen molar-refractivity contribution in [2.24, 2.45) is 0 Å². The number of nitro groups is 1. The molecule has 10 nitrogen and oxygen atoms in total. The van der Waals surface area contributed by atoms with Crippen LogP contribution in [0.4, 0.5) is 20.6 Å². The molecule has 4 amide bonds. The summed E-state index contributed by atoms with van der Waals surface area (Å²) < 4.78 is 26.0. The molecule has 194 valence electrons. The zero-order valence-electron chi connectivity index (χ0n) is 19.8. The number of carbonyl (C=O) groups is 3. The van der Waals surface area contributed by atoms with E-state index in [0.717, 1.165) is 6.07 Å². The van der Waals surface area contributed by atoms with Crippen molar-refractivity contribution in [1.82, 2.24) is 5.32 Å². The first-order chi connectivity index (χ1) is 18.2. The summed E-state index contributed by atoms with van der Waals surface area (Å²) in [6, 6.07) is 13.1. The third-order valence-electron chi connectivity index (χ3n) is 5.34. The summed E-state index contributed by atoms with van der Waals surface area (Å²) in [6.07, 6.45) is 1.31. The van der Waals surface area contributed by atoms with Crippen LogP contribution in [-0.2, 0) is 16.2 Å². The molecule has 4 rings (SSSR count). The van der Waals surface area contributed by atoms with Crippen molar-refractivity contribution >= 4 is 57.9 Å². The van der Waals surface area contributed by atoms with Crippen LogP contribution in [0, 0.1) is 19.5 Å². The number of hydrogen-bond donors (Lipinski definition) is 1. The van der Waals surface area contributed by atoms with Gasteiger partial charge in [-0.05, 0) is 89.2 Å². The molecule has 0 saturated carbocycles. The van der Waals surface area contributed by atoms with Gasteiger partial charge in [-0.1, -0.05) is 6.07 Å². The van der Waals surface area contributed by atoms with E-state index in [1.54, 1.807) is 31.2 Å². The van der Waals surface area contributed by atoms with E-state index in [9.17, 15) is 28.9 Å². The van der Waals surface area contributed by atoms with Gasteiger partial charge in [0.15, 0.2) is 11.5 Å². The highest BCUT2D eigenvalue weighted by molar-refractivity contribution is 14.1. The number of hydrogen-bond acceptors (Lipinski definition) is 7. The van der Waals surface area contributed by atoms with E-state index in [0.29, 0.717) is 37.7 Å². The number of non-ortho nitro benzene ring substituents is 1. The third kappa shape index (κ3) is 5.80. The molecule has 1 saturated heterocycles. The molecule has 0 bridgehead atoms. The van der Waals surface area contributed by atoms with Crippen LogP contribution < -0.4 is 19.7 Å².